The van der Waals surface area contributed by atoms with Crippen LogP contribution in [0, 0.1) is 5.92 Å². The van der Waals surface area contributed by atoms with Gasteiger partial charge in [-0.2, -0.15) is 0 Å². The molecule has 0 aliphatic heterocycles. The van der Waals surface area contributed by atoms with Gasteiger partial charge in [0.1, 0.15) is 11.5 Å². The second-order valence-electron chi connectivity index (χ2n) is 9.00. The van der Waals surface area contributed by atoms with Gasteiger partial charge in [-0.05, 0) is 75.3 Å². The van der Waals surface area contributed by atoms with Gasteiger partial charge in [-0.3, -0.25) is 0 Å². The zero-order valence-electron chi connectivity index (χ0n) is 22.8. The van der Waals surface area contributed by atoms with Crippen molar-refractivity contribution in [1.29, 1.82) is 0 Å². The number of aromatic carboxylic acids is 1. The Morgan fingerprint density at radius 1 is 1.15 bits per heavy atom. The van der Waals surface area contributed by atoms with Crippen molar-refractivity contribution < 1.29 is 41.3 Å². The van der Waals surface area contributed by atoms with Crippen molar-refractivity contribution in [2.45, 2.75) is 65.2 Å². The van der Waals surface area contributed by atoms with Crippen LogP contribution in [0.15, 0.2) is 66.3 Å². The zero-order valence-corrected chi connectivity index (χ0v) is 26.6. The Morgan fingerprint density at radius 3 is 2.26 bits per heavy atom. The van der Waals surface area contributed by atoms with Crippen molar-refractivity contribution in [3.05, 3.63) is 95.3 Å². The van der Waals surface area contributed by atoms with E-state index in [0.29, 0.717) is 11.3 Å². The fourth-order valence-corrected chi connectivity index (χ4v) is 4.40. The van der Waals surface area contributed by atoms with Crippen molar-refractivity contribution in [1.82, 2.24) is 0 Å². The summed E-state index contributed by atoms with van der Waals surface area (Å²) >= 11 is -0.472. The third-order valence-corrected chi connectivity index (χ3v) is 6.20. The standard InChI is InChI=1S/C22H32O3.C7H6O2.2ClH.2H2N.Pt/c1-5-6-7-8-17-12-20(24)22(21(13-17)25-14-23)19-11-16(4)9-10-18(19)15(2)3;8-7(9)6-4-2-1-3-5-6;;;;;/h11-13,18-19,23-24H,2,5-10,14H2,1,3-4H3;1-5H,(H,8,9);2*1H;2*1H2;/q;;;;2*-1;+4/p-2/t18-,19+;;;;;;/m1....../s1. The number of hydrogen-bond acceptors (Lipinski definition) is 4. The summed E-state index contributed by atoms with van der Waals surface area (Å²) in [5, 5.41) is 28.5. The van der Waals surface area contributed by atoms with Gasteiger partial charge in [0, 0.05) is 11.5 Å². The maximum atomic E-state index is 10.8. The van der Waals surface area contributed by atoms with Crippen LogP contribution in [0.2, 0.25) is 0 Å². The Morgan fingerprint density at radius 2 is 1.77 bits per heavy atom. The van der Waals surface area contributed by atoms with Crippen molar-refractivity contribution in [2.75, 3.05) is 6.79 Å². The summed E-state index contributed by atoms with van der Waals surface area (Å²) in [4.78, 5) is 10.2. The molecule has 0 saturated carbocycles. The van der Waals surface area contributed by atoms with Crippen LogP contribution in [0.25, 0.3) is 12.3 Å². The van der Waals surface area contributed by atoms with Gasteiger partial charge in [-0.25, -0.2) is 4.79 Å². The van der Waals surface area contributed by atoms with E-state index >= 15 is 0 Å². The third-order valence-electron chi connectivity index (χ3n) is 6.20. The molecule has 0 amide bonds. The molecule has 0 saturated heterocycles. The number of allylic oxidation sites excluding steroid dienone is 3. The Kier molecular flexibility index (Phi) is 22.1. The number of carboxylic acid groups (broad SMARTS) is 1. The van der Waals surface area contributed by atoms with E-state index in [1.165, 1.54) is 12.0 Å². The maximum Gasteiger partial charge on any atom is -0.693 e. The molecule has 0 unspecified atom stereocenters. The zero-order chi connectivity index (χ0) is 27.8. The number of phenols is 1. The molecule has 1 aliphatic carbocycles. The molecular formula is C29H42Cl2N2O5Pt. The first-order valence-electron chi connectivity index (χ1n) is 12.2. The summed E-state index contributed by atoms with van der Waals surface area (Å²) in [5.41, 5.74) is 4.61. The minimum Gasteiger partial charge on any atom is -0.693 e. The van der Waals surface area contributed by atoms with Crippen LogP contribution >= 0.6 is 18.8 Å². The van der Waals surface area contributed by atoms with E-state index in [-0.39, 0.29) is 29.9 Å². The number of hydrogen-bond donors (Lipinski definition) is 3. The van der Waals surface area contributed by atoms with E-state index in [0.717, 1.165) is 48.8 Å². The topological polar surface area (TPSA) is 154 Å². The first-order chi connectivity index (χ1) is 17.7. The number of rotatable bonds is 9. The van der Waals surface area contributed by atoms with Crippen LogP contribution in [0.1, 0.15) is 80.3 Å². The van der Waals surface area contributed by atoms with E-state index in [4.69, 9.17) is 28.7 Å². The number of aliphatic hydroxyl groups is 1. The van der Waals surface area contributed by atoms with Gasteiger partial charge in [-0.1, -0.05) is 61.8 Å². The van der Waals surface area contributed by atoms with Gasteiger partial charge in [0.05, 0.1) is 5.56 Å². The molecule has 2 aromatic rings. The molecule has 222 valence electrons. The Balaban J connectivity index is 0. The summed E-state index contributed by atoms with van der Waals surface area (Å²) in [7, 11) is 9.75. The minimum absolute atomic E-state index is 0. The van der Waals surface area contributed by atoms with Gasteiger partial charge in [0.25, 0.3) is 0 Å². The van der Waals surface area contributed by atoms with Gasteiger partial charge in [-0.15, -0.1) is 0 Å². The average Bonchev–Trinajstić information content (AvgIpc) is 2.85. The van der Waals surface area contributed by atoms with Crippen LogP contribution in [-0.2, 0) is 22.9 Å². The number of aromatic hydroxyl groups is 1. The van der Waals surface area contributed by atoms with Gasteiger partial charge >= 0.3 is 41.3 Å². The number of carbonyl (C=O) groups is 1. The van der Waals surface area contributed by atoms with E-state index < -0.39 is 29.2 Å². The molecule has 0 aromatic heterocycles. The summed E-state index contributed by atoms with van der Waals surface area (Å²) in [5.74, 6) is 0.297. The number of ether oxygens (including phenoxy) is 1. The van der Waals surface area contributed by atoms with Gasteiger partial charge < -0.3 is 32.4 Å². The first-order valence-corrected chi connectivity index (χ1v) is 17.9. The Bertz CT molecular complexity index is 1020. The number of aryl methyl sites for hydroxylation is 1. The number of unbranched alkanes of at least 4 members (excludes halogenated alkanes) is 2. The molecule has 39 heavy (non-hydrogen) atoms. The van der Waals surface area contributed by atoms with E-state index in [9.17, 15) is 15.0 Å². The normalized spacial score (nSPS) is 15.6. The smallest absolute Gasteiger partial charge is 0.693 e. The molecule has 7 nitrogen and oxygen atoms in total. The maximum absolute atomic E-state index is 10.8. The van der Waals surface area contributed by atoms with E-state index in [2.05, 4.69) is 33.4 Å². The molecule has 1 aliphatic rings. The second kappa shape index (κ2) is 21.9. The van der Waals surface area contributed by atoms with E-state index in [1.54, 1.807) is 30.3 Å². The molecule has 0 heterocycles. The largest absolute Gasteiger partial charge is 0.693 e. The summed E-state index contributed by atoms with van der Waals surface area (Å²) in [6, 6.07) is 12.1. The van der Waals surface area contributed by atoms with Gasteiger partial charge in [0.15, 0.2) is 6.79 Å². The monoisotopic (exact) mass is 763 g/mol. The minimum atomic E-state index is -0.879. The predicted molar refractivity (Wildman–Crippen MR) is 159 cm³/mol. The molecule has 0 radical (unpaired) electrons. The second-order valence-corrected chi connectivity index (χ2v) is 12.3. The molecule has 2 aromatic carbocycles. The first kappa shape index (κ1) is 39.3. The van der Waals surface area contributed by atoms with Crippen LogP contribution in [-0.4, -0.2) is 28.1 Å². The SMILES string of the molecule is C=C(C)[C@H]1CCC(C)=C[C@@H]1c1c(O)cc(CCCCC)cc1OCO.O=C(O)c1ccccc1.[Cl][Pt+2][Cl].[NH2-].[NH2-]. The quantitative estimate of drug-likeness (QED) is 0.132. The number of halogens is 2. The number of nitrogens with two attached hydrogens (primary N) is 2. The molecule has 0 bridgehead atoms. The molecule has 10 heteroatoms. The fraction of sp³-hybridized carbons (Fsp3) is 0.414. The summed E-state index contributed by atoms with van der Waals surface area (Å²) < 4.78 is 5.52. The van der Waals surface area contributed by atoms with E-state index in [1.807, 2.05) is 12.1 Å². The number of benzene rings is 2. The van der Waals surface area contributed by atoms with Crippen molar-refractivity contribution in [3.63, 3.8) is 0 Å². The predicted octanol–water partition coefficient (Wildman–Crippen LogP) is 9.67. The van der Waals surface area contributed by atoms with Crippen LogP contribution in [0.5, 0.6) is 11.5 Å². The van der Waals surface area contributed by atoms with Gasteiger partial charge in [0.2, 0.25) is 0 Å². The molecule has 7 N–H and O–H groups in total. The van der Waals surface area contributed by atoms with Crippen LogP contribution < -0.4 is 4.74 Å². The molecule has 3 rings (SSSR count). The summed E-state index contributed by atoms with van der Waals surface area (Å²) in [6.45, 7) is 10.1. The van der Waals surface area contributed by atoms with Crippen LogP contribution in [0.3, 0.4) is 0 Å². The third kappa shape index (κ3) is 13.9. The van der Waals surface area contributed by atoms with Crippen molar-refractivity contribution in [3.8, 4) is 11.5 Å². The molecule has 2 atom stereocenters. The number of phenolic OH excluding ortho intramolecular Hbond substituents is 1. The Hall–Kier alpha value is -1.86. The fourth-order valence-electron chi connectivity index (χ4n) is 4.40. The van der Waals surface area contributed by atoms with Crippen LogP contribution in [0.4, 0.5) is 0 Å². The molecule has 0 fully saturated rings. The van der Waals surface area contributed by atoms with Crippen molar-refractivity contribution >= 4 is 24.8 Å². The number of carboxylic acids is 1. The molecular weight excluding hydrogens is 722 g/mol. The summed E-state index contributed by atoms with van der Waals surface area (Å²) in [6.07, 6.45) is 8.63. The average molecular weight is 765 g/mol. The molecule has 0 spiro atoms. The Labute approximate surface area is 249 Å². The number of aliphatic hydroxyl groups excluding tert-OH is 1. The van der Waals surface area contributed by atoms with Crippen molar-refractivity contribution in [2.24, 2.45) is 5.92 Å².